The van der Waals surface area contributed by atoms with Crippen molar-refractivity contribution in [3.05, 3.63) is 209 Å². The fourth-order valence-electron chi connectivity index (χ4n) is 11.9. The number of nitrogens with zero attached hydrogens (tertiary/aromatic N) is 5. The minimum atomic E-state index is -0.690. The van der Waals surface area contributed by atoms with Gasteiger partial charge >= 0.3 is 5.66 Å². The van der Waals surface area contributed by atoms with Gasteiger partial charge in [0.1, 0.15) is 22.3 Å². The molecular formula is C49H33N5+2. The van der Waals surface area contributed by atoms with Crippen LogP contribution in [0.2, 0.25) is 0 Å². The van der Waals surface area contributed by atoms with Crippen LogP contribution in [-0.2, 0) is 16.5 Å². The summed E-state index contributed by atoms with van der Waals surface area (Å²) < 4.78 is 10.2. The zero-order valence-electron chi connectivity index (χ0n) is 29.8. The molecule has 0 amide bonds. The first kappa shape index (κ1) is 27.9. The highest BCUT2D eigenvalue weighted by molar-refractivity contribution is 6.15. The van der Waals surface area contributed by atoms with E-state index < -0.39 is 11.1 Å². The number of para-hydroxylation sites is 2. The molecular weight excluding hydrogens is 659 g/mol. The number of rotatable bonds is 2. The second-order valence-corrected chi connectivity index (χ2v) is 16.2. The molecule has 8 heterocycles. The van der Waals surface area contributed by atoms with Crippen LogP contribution in [0.1, 0.15) is 58.4 Å². The molecule has 5 aliphatic heterocycles. The Morgan fingerprint density at radius 3 is 2.02 bits per heavy atom. The molecule has 5 nitrogen and oxygen atoms in total. The Kier molecular flexibility index (Phi) is 4.50. The molecule has 1 atom stereocenters. The van der Waals surface area contributed by atoms with Gasteiger partial charge in [-0.05, 0) is 64.7 Å². The van der Waals surface area contributed by atoms with Crippen LogP contribution < -0.4 is 14.1 Å². The first-order valence-corrected chi connectivity index (χ1v) is 19.0. The summed E-state index contributed by atoms with van der Waals surface area (Å²) in [7, 11) is 0. The van der Waals surface area contributed by atoms with Crippen molar-refractivity contribution in [2.24, 2.45) is 0 Å². The topological polar surface area (TPSA) is 20.9 Å². The fourth-order valence-corrected chi connectivity index (χ4v) is 11.9. The number of anilines is 3. The molecule has 14 rings (SSSR count). The summed E-state index contributed by atoms with van der Waals surface area (Å²) in [6.45, 7) is 4.81. The third-order valence-corrected chi connectivity index (χ3v) is 13.8. The molecule has 0 N–H and O–H groups in total. The largest absolute Gasteiger partial charge is 0.394 e. The minimum Gasteiger partial charge on any atom is -0.308 e. The van der Waals surface area contributed by atoms with E-state index in [1.54, 1.807) is 0 Å². The van der Waals surface area contributed by atoms with E-state index in [2.05, 4.69) is 201 Å². The predicted octanol–water partition coefficient (Wildman–Crippen LogP) is 9.19. The normalized spacial score (nSPS) is 18.9. The molecule has 0 saturated carbocycles. The fraction of sp³-hybridized carbons (Fsp3) is 0.102. The number of aromatic nitrogens is 4. The number of benzene rings is 6. The summed E-state index contributed by atoms with van der Waals surface area (Å²) in [5, 5.41) is 2.58. The molecule has 0 radical (unpaired) electrons. The Morgan fingerprint density at radius 2 is 1.20 bits per heavy atom. The third kappa shape index (κ3) is 2.61. The number of hydrogen-bond acceptors (Lipinski definition) is 1. The van der Waals surface area contributed by atoms with Gasteiger partial charge in [-0.15, -0.1) is 4.68 Å². The Bertz CT molecular complexity index is 3160. The molecule has 54 heavy (non-hydrogen) atoms. The lowest BCUT2D eigenvalue weighted by molar-refractivity contribution is -0.993. The first-order chi connectivity index (χ1) is 26.6. The highest BCUT2D eigenvalue weighted by Gasteiger charge is 2.71. The third-order valence-electron chi connectivity index (χ3n) is 13.8. The molecule has 1 spiro atoms. The van der Waals surface area contributed by atoms with Gasteiger partial charge in [0.25, 0.3) is 5.82 Å². The van der Waals surface area contributed by atoms with E-state index in [9.17, 15) is 0 Å². The zero-order chi connectivity index (χ0) is 35.3. The van der Waals surface area contributed by atoms with E-state index in [-0.39, 0.29) is 5.41 Å². The highest BCUT2D eigenvalue weighted by atomic mass is 15.5. The van der Waals surface area contributed by atoms with Crippen molar-refractivity contribution < 1.29 is 9.25 Å². The van der Waals surface area contributed by atoms with Crippen LogP contribution in [-0.4, -0.2) is 9.25 Å². The number of hydrogen-bond donors (Lipinski definition) is 0. The highest BCUT2D eigenvalue weighted by Crippen LogP contribution is 2.64. The van der Waals surface area contributed by atoms with Crippen LogP contribution in [0.5, 0.6) is 0 Å². The van der Waals surface area contributed by atoms with Crippen LogP contribution in [0.25, 0.3) is 33.3 Å². The monoisotopic (exact) mass is 691 g/mol. The van der Waals surface area contributed by atoms with Crippen molar-refractivity contribution >= 4 is 38.9 Å². The van der Waals surface area contributed by atoms with Gasteiger partial charge in [0.05, 0.1) is 40.4 Å². The van der Waals surface area contributed by atoms with Crippen LogP contribution in [0.15, 0.2) is 164 Å². The van der Waals surface area contributed by atoms with Gasteiger partial charge in [-0.3, -0.25) is 0 Å². The van der Waals surface area contributed by atoms with Gasteiger partial charge < -0.3 is 4.90 Å². The SMILES string of the molecule is CC1(C)c2ccccc2N2c3ccc4c5cccc6c5n5c4c3C3(c4c(ccc1c42)-n1ccc[n+]13)[n+]1cccc(c1-5)C6(c1ccccc1)c1ccccc1. The maximum absolute atomic E-state index is 2.65. The lowest BCUT2D eigenvalue weighted by atomic mass is 9.63. The van der Waals surface area contributed by atoms with Crippen molar-refractivity contribution in [2.45, 2.75) is 30.3 Å². The molecule has 1 unspecified atom stereocenters. The molecule has 0 aliphatic carbocycles. The summed E-state index contributed by atoms with van der Waals surface area (Å²) in [5.74, 6) is 1.23. The summed E-state index contributed by atoms with van der Waals surface area (Å²) in [6.07, 6.45) is 6.91. The lowest BCUT2D eigenvalue weighted by Gasteiger charge is -2.47. The van der Waals surface area contributed by atoms with Crippen LogP contribution in [0.3, 0.4) is 0 Å². The Labute approximate surface area is 311 Å². The zero-order valence-corrected chi connectivity index (χ0v) is 29.8. The van der Waals surface area contributed by atoms with E-state index in [1.165, 1.54) is 94.9 Å². The molecule has 3 aromatic heterocycles. The van der Waals surface area contributed by atoms with E-state index in [1.807, 2.05) is 0 Å². The van der Waals surface area contributed by atoms with Gasteiger partial charge in [-0.25, -0.2) is 0 Å². The lowest BCUT2D eigenvalue weighted by Crippen LogP contribution is -2.77. The van der Waals surface area contributed by atoms with Gasteiger partial charge in [-0.2, -0.15) is 9.13 Å². The summed E-state index contributed by atoms with van der Waals surface area (Å²) in [4.78, 5) is 2.61. The van der Waals surface area contributed by atoms with Crippen molar-refractivity contribution in [1.82, 2.24) is 9.25 Å². The standard InChI is InChI=1S/C49H33N5/c1-47(2)34-19-9-10-22-38(34)53-40-25-23-33-32-18-11-20-36-43(32)54-44(33)42(40)49(41-39(26-24-35(47)45(41)53)51-28-13-29-52(49)51)50-27-12-21-37(46(50)54)48(36,30-14-5-3-6-15-30)31-16-7-4-8-17-31/h3-29H,1-2H3/q+2. The average Bonchev–Trinajstić information content (AvgIpc) is 3.92. The predicted molar refractivity (Wildman–Crippen MR) is 211 cm³/mol. The number of pyridine rings is 1. The van der Waals surface area contributed by atoms with E-state index >= 15 is 0 Å². The summed E-state index contributed by atoms with van der Waals surface area (Å²) in [5.41, 5.74) is 16.7. The Hall–Kier alpha value is -6.72. The van der Waals surface area contributed by atoms with Crippen molar-refractivity contribution in [3.8, 4) is 11.5 Å². The first-order valence-electron chi connectivity index (χ1n) is 19.0. The molecule has 6 aromatic carbocycles. The van der Waals surface area contributed by atoms with E-state index in [0.717, 1.165) is 0 Å². The molecule has 9 aromatic rings. The molecule has 252 valence electrons. The van der Waals surface area contributed by atoms with Crippen LogP contribution in [0, 0.1) is 0 Å². The molecule has 5 aliphatic rings. The van der Waals surface area contributed by atoms with Gasteiger partial charge in [0.15, 0.2) is 5.52 Å². The second-order valence-electron chi connectivity index (χ2n) is 16.2. The smallest absolute Gasteiger partial charge is 0.308 e. The Balaban J connectivity index is 1.28. The van der Waals surface area contributed by atoms with Crippen LogP contribution >= 0.6 is 0 Å². The average molecular weight is 692 g/mol. The summed E-state index contributed by atoms with van der Waals surface area (Å²) >= 11 is 0. The van der Waals surface area contributed by atoms with Crippen molar-refractivity contribution in [1.29, 1.82) is 0 Å². The van der Waals surface area contributed by atoms with Gasteiger partial charge in [0, 0.05) is 27.8 Å². The molecule has 5 heteroatoms. The molecule has 0 fully saturated rings. The van der Waals surface area contributed by atoms with Gasteiger partial charge in [0.2, 0.25) is 6.20 Å². The minimum absolute atomic E-state index is 0.197. The van der Waals surface area contributed by atoms with Crippen LogP contribution in [0.4, 0.5) is 17.1 Å². The quantitative estimate of drug-likeness (QED) is 0.166. The van der Waals surface area contributed by atoms with Gasteiger partial charge in [-0.1, -0.05) is 116 Å². The van der Waals surface area contributed by atoms with E-state index in [4.69, 9.17) is 0 Å². The maximum atomic E-state index is 2.65. The van der Waals surface area contributed by atoms with Crippen molar-refractivity contribution in [3.63, 3.8) is 0 Å². The van der Waals surface area contributed by atoms with Crippen molar-refractivity contribution in [2.75, 3.05) is 4.90 Å². The summed E-state index contributed by atoms with van der Waals surface area (Å²) in [6, 6.07) is 55.0. The second kappa shape index (κ2) is 8.73. The van der Waals surface area contributed by atoms with E-state index in [0.29, 0.717) is 0 Å². The Morgan fingerprint density at radius 1 is 0.500 bits per heavy atom. The molecule has 0 bridgehead atoms. The number of fused-ring (bicyclic) bond motifs is 6. The maximum Gasteiger partial charge on any atom is 0.394 e. The molecule has 0 saturated heterocycles.